The fraction of sp³-hybridized carbons (Fsp3) is 0.500. The predicted molar refractivity (Wildman–Crippen MR) is 89.9 cm³/mol. The summed E-state index contributed by atoms with van der Waals surface area (Å²) in [7, 11) is 1.63. The van der Waals surface area contributed by atoms with Crippen LogP contribution in [0, 0.1) is 26.7 Å². The first kappa shape index (κ1) is 15.9. The molecular formula is C16H20N4O2S. The molecule has 6 nitrogen and oxygen atoms in total. The molecule has 1 aliphatic carbocycles. The van der Waals surface area contributed by atoms with E-state index in [1.807, 2.05) is 13.8 Å². The summed E-state index contributed by atoms with van der Waals surface area (Å²) in [6, 6.07) is 0. The Bertz CT molecular complexity index is 833. The van der Waals surface area contributed by atoms with Crippen LogP contribution in [0.2, 0.25) is 0 Å². The molecule has 2 aromatic rings. The van der Waals surface area contributed by atoms with Crippen molar-refractivity contribution in [3.8, 4) is 10.6 Å². The molecule has 0 radical (unpaired) electrons. The van der Waals surface area contributed by atoms with Crippen molar-refractivity contribution in [1.29, 1.82) is 0 Å². The Kier molecular flexibility index (Phi) is 4.06. The molecule has 0 unspecified atom stereocenters. The maximum atomic E-state index is 12.4. The van der Waals surface area contributed by atoms with E-state index in [1.165, 1.54) is 28.9 Å². The van der Waals surface area contributed by atoms with Gasteiger partial charge in [0, 0.05) is 13.6 Å². The van der Waals surface area contributed by atoms with Gasteiger partial charge in [-0.15, -0.1) is 11.3 Å². The molecule has 3 rings (SSSR count). The van der Waals surface area contributed by atoms with Crippen LogP contribution in [0.1, 0.15) is 39.5 Å². The van der Waals surface area contributed by atoms with Crippen LogP contribution < -0.4 is 10.9 Å². The van der Waals surface area contributed by atoms with Crippen molar-refractivity contribution < 1.29 is 4.79 Å². The number of nitrogens with one attached hydrogen (secondary N) is 1. The molecule has 0 spiro atoms. The molecule has 23 heavy (non-hydrogen) atoms. The normalized spacial score (nSPS) is 14.1. The highest BCUT2D eigenvalue weighted by Crippen LogP contribution is 2.30. The van der Waals surface area contributed by atoms with E-state index < -0.39 is 0 Å². The van der Waals surface area contributed by atoms with Gasteiger partial charge in [0.05, 0.1) is 17.0 Å². The van der Waals surface area contributed by atoms with Crippen LogP contribution in [0.4, 0.5) is 0 Å². The van der Waals surface area contributed by atoms with Crippen LogP contribution in [0.25, 0.3) is 10.6 Å². The van der Waals surface area contributed by atoms with Crippen molar-refractivity contribution >= 4 is 17.2 Å². The molecule has 1 amide bonds. The van der Waals surface area contributed by atoms with Gasteiger partial charge in [-0.25, -0.2) is 9.67 Å². The molecule has 1 fully saturated rings. The quantitative estimate of drug-likeness (QED) is 0.928. The van der Waals surface area contributed by atoms with Gasteiger partial charge in [0.25, 0.3) is 11.5 Å². The third kappa shape index (κ3) is 3.06. The fourth-order valence-corrected chi connectivity index (χ4v) is 3.53. The average molecular weight is 332 g/mol. The summed E-state index contributed by atoms with van der Waals surface area (Å²) in [6.45, 7) is 6.26. The van der Waals surface area contributed by atoms with Crippen LogP contribution in [0.5, 0.6) is 0 Å². The molecule has 1 N–H and O–H groups in total. The van der Waals surface area contributed by atoms with Crippen LogP contribution in [0.3, 0.4) is 0 Å². The summed E-state index contributed by atoms with van der Waals surface area (Å²) >= 11 is 1.27. The van der Waals surface area contributed by atoms with Crippen molar-refractivity contribution in [1.82, 2.24) is 20.1 Å². The molecule has 0 aliphatic heterocycles. The Balaban J connectivity index is 1.97. The second-order valence-corrected chi connectivity index (χ2v) is 7.10. The van der Waals surface area contributed by atoms with Gasteiger partial charge in [-0.3, -0.25) is 9.59 Å². The molecule has 0 bridgehead atoms. The summed E-state index contributed by atoms with van der Waals surface area (Å²) in [6.07, 6.45) is 2.39. The predicted octanol–water partition coefficient (Wildman–Crippen LogP) is 1.97. The highest BCUT2D eigenvalue weighted by Gasteiger charge is 2.24. The Morgan fingerprint density at radius 2 is 2.00 bits per heavy atom. The minimum absolute atomic E-state index is 0.0987. The van der Waals surface area contributed by atoms with Gasteiger partial charge in [-0.2, -0.15) is 5.10 Å². The van der Waals surface area contributed by atoms with E-state index in [9.17, 15) is 9.59 Å². The summed E-state index contributed by atoms with van der Waals surface area (Å²) in [5, 5.41) is 7.72. The summed E-state index contributed by atoms with van der Waals surface area (Å²) in [4.78, 5) is 29.8. The number of carbonyl (C=O) groups excluding carboxylic acids is 1. The molecule has 0 atom stereocenters. The summed E-state index contributed by atoms with van der Waals surface area (Å²) in [5.74, 6) is 0.530. The van der Waals surface area contributed by atoms with Gasteiger partial charge in [0.2, 0.25) is 0 Å². The number of hydrogen-bond donors (Lipinski definition) is 1. The van der Waals surface area contributed by atoms with Crippen molar-refractivity contribution in [3.05, 3.63) is 32.2 Å². The lowest BCUT2D eigenvalue weighted by molar-refractivity contribution is 0.0955. The minimum atomic E-state index is -0.188. The summed E-state index contributed by atoms with van der Waals surface area (Å²) < 4.78 is 1.32. The highest BCUT2D eigenvalue weighted by atomic mass is 32.1. The van der Waals surface area contributed by atoms with Gasteiger partial charge < -0.3 is 5.32 Å². The van der Waals surface area contributed by atoms with E-state index in [2.05, 4.69) is 15.4 Å². The second kappa shape index (κ2) is 5.88. The standard InChI is InChI=1S/C16H20N4O2S/c1-8-9(2)19-20(4)16(22)12(8)15-18-10(3)13(23-15)14(21)17-7-11-5-6-11/h11H,5-7H2,1-4H3,(H,17,21). The maximum absolute atomic E-state index is 12.4. The van der Waals surface area contributed by atoms with Gasteiger partial charge in [0.1, 0.15) is 9.88 Å². The number of hydrogen-bond acceptors (Lipinski definition) is 5. The van der Waals surface area contributed by atoms with E-state index in [0.717, 1.165) is 17.8 Å². The lowest BCUT2D eigenvalue weighted by Crippen LogP contribution is -2.25. The SMILES string of the molecule is Cc1nc(-c2c(C)c(C)nn(C)c2=O)sc1C(=O)NCC1CC1. The smallest absolute Gasteiger partial charge is 0.277 e. The molecule has 7 heteroatoms. The third-order valence-corrected chi connectivity index (χ3v) is 5.36. The van der Waals surface area contributed by atoms with Crippen LogP contribution in [0.15, 0.2) is 4.79 Å². The molecular weight excluding hydrogens is 312 g/mol. The van der Waals surface area contributed by atoms with E-state index in [1.54, 1.807) is 14.0 Å². The molecule has 0 saturated heterocycles. The van der Waals surface area contributed by atoms with E-state index in [0.29, 0.717) is 27.1 Å². The average Bonchev–Trinajstić information content (AvgIpc) is 3.25. The molecule has 2 heterocycles. The van der Waals surface area contributed by atoms with E-state index in [4.69, 9.17) is 0 Å². The number of thiazole rings is 1. The zero-order valence-electron chi connectivity index (χ0n) is 13.8. The zero-order valence-corrected chi connectivity index (χ0v) is 14.6. The first-order valence-corrected chi connectivity index (χ1v) is 8.50. The molecule has 0 aromatic carbocycles. The zero-order chi connectivity index (χ0) is 16.7. The summed E-state index contributed by atoms with van der Waals surface area (Å²) in [5.41, 5.74) is 2.61. The number of rotatable bonds is 4. The van der Waals surface area contributed by atoms with Crippen molar-refractivity contribution in [2.24, 2.45) is 13.0 Å². The maximum Gasteiger partial charge on any atom is 0.277 e. The van der Waals surface area contributed by atoms with Crippen molar-refractivity contribution in [3.63, 3.8) is 0 Å². The second-order valence-electron chi connectivity index (χ2n) is 6.10. The highest BCUT2D eigenvalue weighted by molar-refractivity contribution is 7.17. The number of aryl methyl sites for hydroxylation is 3. The van der Waals surface area contributed by atoms with Crippen molar-refractivity contribution in [2.45, 2.75) is 33.6 Å². The van der Waals surface area contributed by atoms with Gasteiger partial charge in [-0.05, 0) is 45.1 Å². The number of amides is 1. The lowest BCUT2D eigenvalue weighted by Gasteiger charge is -2.07. The minimum Gasteiger partial charge on any atom is -0.351 e. The topological polar surface area (TPSA) is 76.9 Å². The first-order valence-electron chi connectivity index (χ1n) is 7.69. The Labute approximate surface area is 138 Å². The number of carbonyl (C=O) groups is 1. The van der Waals surface area contributed by atoms with Gasteiger partial charge in [-0.1, -0.05) is 0 Å². The molecule has 122 valence electrons. The Hall–Kier alpha value is -2.02. The van der Waals surface area contributed by atoms with Crippen LogP contribution >= 0.6 is 11.3 Å². The number of aromatic nitrogens is 3. The van der Waals surface area contributed by atoms with Crippen LogP contribution in [-0.4, -0.2) is 27.2 Å². The van der Waals surface area contributed by atoms with Gasteiger partial charge >= 0.3 is 0 Å². The Morgan fingerprint density at radius 1 is 1.30 bits per heavy atom. The first-order chi connectivity index (χ1) is 10.9. The van der Waals surface area contributed by atoms with Crippen LogP contribution in [-0.2, 0) is 7.05 Å². The fourth-order valence-electron chi connectivity index (χ4n) is 2.45. The monoisotopic (exact) mass is 332 g/mol. The van der Waals surface area contributed by atoms with Gasteiger partial charge in [0.15, 0.2) is 0 Å². The molecule has 1 saturated carbocycles. The van der Waals surface area contributed by atoms with Crippen molar-refractivity contribution in [2.75, 3.05) is 6.54 Å². The largest absolute Gasteiger partial charge is 0.351 e. The Morgan fingerprint density at radius 3 is 2.65 bits per heavy atom. The molecule has 2 aromatic heterocycles. The van der Waals surface area contributed by atoms with E-state index >= 15 is 0 Å². The van der Waals surface area contributed by atoms with E-state index in [-0.39, 0.29) is 11.5 Å². The molecule has 1 aliphatic rings. The third-order valence-electron chi connectivity index (χ3n) is 4.19. The number of nitrogens with zero attached hydrogens (tertiary/aromatic N) is 3. The lowest BCUT2D eigenvalue weighted by atomic mass is 10.1.